The van der Waals surface area contributed by atoms with E-state index in [4.69, 9.17) is 4.74 Å². The van der Waals surface area contributed by atoms with E-state index < -0.39 is 23.7 Å². The minimum atomic E-state index is -4.92. The van der Waals surface area contributed by atoms with Crippen LogP contribution in [0.25, 0.3) is 11.1 Å². The van der Waals surface area contributed by atoms with Crippen molar-refractivity contribution in [2.24, 2.45) is 0 Å². The van der Waals surface area contributed by atoms with Gasteiger partial charge in [0, 0.05) is 24.7 Å². The van der Waals surface area contributed by atoms with Gasteiger partial charge in [0.15, 0.2) is 11.5 Å². The Morgan fingerprint density at radius 2 is 1.71 bits per heavy atom. The quantitative estimate of drug-likeness (QED) is 0.853. The molecule has 1 fully saturated rings. The van der Waals surface area contributed by atoms with Gasteiger partial charge in [0.1, 0.15) is 17.7 Å². The highest BCUT2D eigenvalue weighted by Crippen LogP contribution is 2.37. The predicted octanol–water partition coefficient (Wildman–Crippen LogP) is 3.88. The first kappa shape index (κ1) is 16.5. The van der Waals surface area contributed by atoms with Crippen LogP contribution in [0.3, 0.4) is 0 Å². The van der Waals surface area contributed by atoms with Gasteiger partial charge in [0.25, 0.3) is 0 Å². The molecule has 1 N–H and O–H groups in total. The van der Waals surface area contributed by atoms with Gasteiger partial charge in [-0.2, -0.15) is 0 Å². The Bertz CT molecular complexity index is 744. The van der Waals surface area contributed by atoms with Gasteiger partial charge >= 0.3 is 6.36 Å². The van der Waals surface area contributed by atoms with Crippen molar-refractivity contribution in [1.29, 1.82) is 0 Å². The van der Waals surface area contributed by atoms with Crippen LogP contribution in [0, 0.1) is 11.6 Å². The molecule has 1 saturated heterocycles. The number of benzene rings is 2. The maximum atomic E-state index is 13.8. The number of hydrogen-bond donors (Lipinski definition) is 1. The normalized spacial score (nSPS) is 15.0. The molecular weight excluding hydrogens is 333 g/mol. The van der Waals surface area contributed by atoms with Crippen LogP contribution < -0.4 is 14.8 Å². The zero-order valence-corrected chi connectivity index (χ0v) is 12.2. The van der Waals surface area contributed by atoms with Gasteiger partial charge in [-0.15, -0.1) is 13.2 Å². The summed E-state index contributed by atoms with van der Waals surface area (Å²) in [6, 6.07) is 6.51. The maximum Gasteiger partial charge on any atom is 0.573 e. The standard InChI is InChI=1S/C16H12F5NO2/c17-10-2-3-12(13(18)6-10)9-1-4-14(23-11-7-22-8-11)15(5-9)24-16(19,20)21/h1-6,11,22H,7-8H2. The van der Waals surface area contributed by atoms with E-state index in [0.29, 0.717) is 19.2 Å². The molecule has 0 spiro atoms. The molecule has 0 saturated carbocycles. The molecular formula is C16H12F5NO2. The average Bonchev–Trinajstić information content (AvgIpc) is 2.42. The molecule has 1 aliphatic heterocycles. The molecule has 1 heterocycles. The lowest BCUT2D eigenvalue weighted by Gasteiger charge is -2.28. The Labute approximate surface area is 134 Å². The first-order valence-electron chi connectivity index (χ1n) is 7.04. The van der Waals surface area contributed by atoms with Crippen LogP contribution in [0.15, 0.2) is 36.4 Å². The van der Waals surface area contributed by atoms with Crippen LogP contribution in [-0.2, 0) is 0 Å². The summed E-state index contributed by atoms with van der Waals surface area (Å²) in [5, 5.41) is 2.93. The van der Waals surface area contributed by atoms with Crippen molar-refractivity contribution in [2.75, 3.05) is 13.1 Å². The highest BCUT2D eigenvalue weighted by Gasteiger charge is 2.33. The SMILES string of the molecule is Fc1ccc(-c2ccc(OC3CNC3)c(OC(F)(F)F)c2)c(F)c1. The number of halogens is 5. The first-order valence-corrected chi connectivity index (χ1v) is 7.04. The molecule has 24 heavy (non-hydrogen) atoms. The van der Waals surface area contributed by atoms with E-state index >= 15 is 0 Å². The van der Waals surface area contributed by atoms with Crippen molar-refractivity contribution in [3.63, 3.8) is 0 Å². The Hall–Kier alpha value is -2.35. The van der Waals surface area contributed by atoms with Crippen LogP contribution in [0.4, 0.5) is 22.0 Å². The van der Waals surface area contributed by atoms with Crippen LogP contribution in [0.2, 0.25) is 0 Å². The molecule has 1 aliphatic rings. The Kier molecular flexibility index (Phi) is 4.31. The summed E-state index contributed by atoms with van der Waals surface area (Å²) in [7, 11) is 0. The van der Waals surface area contributed by atoms with Crippen molar-refractivity contribution >= 4 is 0 Å². The number of nitrogens with one attached hydrogen (secondary N) is 1. The first-order chi connectivity index (χ1) is 11.3. The van der Waals surface area contributed by atoms with E-state index in [1.54, 1.807) is 0 Å². The molecule has 0 bridgehead atoms. The summed E-state index contributed by atoms with van der Waals surface area (Å²) >= 11 is 0. The van der Waals surface area contributed by atoms with E-state index in [1.807, 2.05) is 0 Å². The molecule has 2 aromatic carbocycles. The van der Waals surface area contributed by atoms with Crippen LogP contribution in [-0.4, -0.2) is 25.6 Å². The van der Waals surface area contributed by atoms with Gasteiger partial charge in [0.2, 0.25) is 0 Å². The monoisotopic (exact) mass is 345 g/mol. The fraction of sp³-hybridized carbons (Fsp3) is 0.250. The van der Waals surface area contributed by atoms with Gasteiger partial charge in [0.05, 0.1) is 0 Å². The molecule has 0 aromatic heterocycles. The van der Waals surface area contributed by atoms with Gasteiger partial charge in [-0.1, -0.05) is 6.07 Å². The van der Waals surface area contributed by atoms with E-state index in [2.05, 4.69) is 10.1 Å². The van der Waals surface area contributed by atoms with Gasteiger partial charge < -0.3 is 14.8 Å². The largest absolute Gasteiger partial charge is 0.573 e. The molecule has 0 unspecified atom stereocenters. The summed E-state index contributed by atoms with van der Waals surface area (Å²) in [6.07, 6.45) is -5.18. The van der Waals surface area contributed by atoms with Gasteiger partial charge in [-0.25, -0.2) is 8.78 Å². The Balaban J connectivity index is 1.97. The number of alkyl halides is 3. The smallest absolute Gasteiger partial charge is 0.484 e. The van der Waals surface area contributed by atoms with Crippen LogP contribution >= 0.6 is 0 Å². The minimum Gasteiger partial charge on any atom is -0.484 e. The minimum absolute atomic E-state index is 0.0414. The highest BCUT2D eigenvalue weighted by molar-refractivity contribution is 5.67. The van der Waals surface area contributed by atoms with Gasteiger partial charge in [-0.05, 0) is 29.8 Å². The summed E-state index contributed by atoms with van der Waals surface area (Å²) < 4.78 is 74.1. The summed E-state index contributed by atoms with van der Waals surface area (Å²) in [5.41, 5.74) is 0.0751. The second-order valence-electron chi connectivity index (χ2n) is 5.23. The third-order valence-electron chi connectivity index (χ3n) is 3.45. The second-order valence-corrected chi connectivity index (χ2v) is 5.23. The number of hydrogen-bond acceptors (Lipinski definition) is 3. The predicted molar refractivity (Wildman–Crippen MR) is 75.8 cm³/mol. The molecule has 0 atom stereocenters. The van der Waals surface area contributed by atoms with E-state index in [-0.39, 0.29) is 23.0 Å². The van der Waals surface area contributed by atoms with Crippen molar-refractivity contribution in [1.82, 2.24) is 5.32 Å². The number of rotatable bonds is 4. The topological polar surface area (TPSA) is 30.5 Å². The third-order valence-corrected chi connectivity index (χ3v) is 3.45. The molecule has 0 aliphatic carbocycles. The molecule has 8 heteroatoms. The fourth-order valence-electron chi connectivity index (χ4n) is 2.23. The lowest BCUT2D eigenvalue weighted by Crippen LogP contribution is -2.50. The molecule has 3 rings (SSSR count). The lowest BCUT2D eigenvalue weighted by molar-refractivity contribution is -0.275. The van der Waals surface area contributed by atoms with E-state index in [9.17, 15) is 22.0 Å². The molecule has 0 amide bonds. The Morgan fingerprint density at radius 1 is 0.958 bits per heavy atom. The van der Waals surface area contributed by atoms with Crippen molar-refractivity contribution in [3.8, 4) is 22.6 Å². The van der Waals surface area contributed by atoms with Gasteiger partial charge in [-0.3, -0.25) is 0 Å². The highest BCUT2D eigenvalue weighted by atomic mass is 19.4. The summed E-state index contributed by atoms with van der Waals surface area (Å²) in [4.78, 5) is 0. The van der Waals surface area contributed by atoms with Crippen LogP contribution in [0.5, 0.6) is 11.5 Å². The number of ether oxygens (including phenoxy) is 2. The lowest BCUT2D eigenvalue weighted by atomic mass is 10.0. The zero-order chi connectivity index (χ0) is 17.3. The summed E-state index contributed by atoms with van der Waals surface area (Å²) in [5.74, 6) is -2.33. The molecule has 128 valence electrons. The average molecular weight is 345 g/mol. The van der Waals surface area contributed by atoms with Crippen molar-refractivity contribution in [3.05, 3.63) is 48.0 Å². The maximum absolute atomic E-state index is 13.8. The van der Waals surface area contributed by atoms with E-state index in [1.165, 1.54) is 12.1 Å². The molecule has 0 radical (unpaired) electrons. The molecule has 2 aromatic rings. The summed E-state index contributed by atoms with van der Waals surface area (Å²) in [6.45, 7) is 1.03. The molecule has 3 nitrogen and oxygen atoms in total. The van der Waals surface area contributed by atoms with Crippen molar-refractivity contribution in [2.45, 2.75) is 12.5 Å². The zero-order valence-electron chi connectivity index (χ0n) is 12.2. The van der Waals surface area contributed by atoms with Crippen molar-refractivity contribution < 1.29 is 31.4 Å². The fourth-order valence-corrected chi connectivity index (χ4v) is 2.23. The third kappa shape index (κ3) is 3.76. The Morgan fingerprint density at radius 3 is 2.29 bits per heavy atom. The van der Waals surface area contributed by atoms with E-state index in [0.717, 1.165) is 18.2 Å². The van der Waals surface area contributed by atoms with Crippen LogP contribution in [0.1, 0.15) is 0 Å². The second kappa shape index (κ2) is 6.27.